The van der Waals surface area contributed by atoms with E-state index in [1.54, 1.807) is 43.3 Å². The average molecular weight is 382 g/mol. The summed E-state index contributed by atoms with van der Waals surface area (Å²) in [6.45, 7) is 2.84. The van der Waals surface area contributed by atoms with Crippen LogP contribution in [0.2, 0.25) is 10.0 Å². The van der Waals surface area contributed by atoms with E-state index >= 15 is 0 Å². The van der Waals surface area contributed by atoms with Crippen molar-refractivity contribution in [3.8, 4) is 17.2 Å². The molecule has 1 unspecified atom stereocenters. The summed E-state index contributed by atoms with van der Waals surface area (Å²) in [7, 11) is 0. The zero-order valence-electron chi connectivity index (χ0n) is 13.6. The Morgan fingerprint density at radius 3 is 2.64 bits per heavy atom. The van der Waals surface area contributed by atoms with Crippen LogP contribution in [0.4, 0.5) is 5.69 Å². The largest absolute Gasteiger partial charge is 0.490 e. The molecule has 2 aromatic rings. The molecule has 3 rings (SSSR count). The first-order chi connectivity index (χ1) is 12.0. The monoisotopic (exact) mass is 381 g/mol. The number of fused-ring (bicyclic) bond motifs is 1. The van der Waals surface area contributed by atoms with Crippen molar-refractivity contribution in [3.05, 3.63) is 46.4 Å². The third-order valence-electron chi connectivity index (χ3n) is 3.58. The number of carbonyl (C=O) groups is 1. The zero-order chi connectivity index (χ0) is 17.8. The molecule has 0 fully saturated rings. The van der Waals surface area contributed by atoms with Crippen molar-refractivity contribution in [3.63, 3.8) is 0 Å². The second-order valence-corrected chi connectivity index (χ2v) is 6.38. The van der Waals surface area contributed by atoms with Crippen molar-refractivity contribution < 1.29 is 19.0 Å². The van der Waals surface area contributed by atoms with Gasteiger partial charge in [-0.1, -0.05) is 23.2 Å². The van der Waals surface area contributed by atoms with Gasteiger partial charge in [0.2, 0.25) is 0 Å². The van der Waals surface area contributed by atoms with Gasteiger partial charge in [-0.05, 0) is 37.3 Å². The molecule has 0 radical (unpaired) electrons. The summed E-state index contributed by atoms with van der Waals surface area (Å²) in [6, 6.07) is 10.1. The van der Waals surface area contributed by atoms with Crippen molar-refractivity contribution in [2.75, 3.05) is 18.5 Å². The van der Waals surface area contributed by atoms with E-state index in [2.05, 4.69) is 5.32 Å². The fraction of sp³-hybridized carbons (Fsp3) is 0.278. The van der Waals surface area contributed by atoms with E-state index < -0.39 is 6.10 Å². The van der Waals surface area contributed by atoms with Crippen LogP contribution in [0.15, 0.2) is 36.4 Å². The van der Waals surface area contributed by atoms with E-state index in [4.69, 9.17) is 37.4 Å². The molecule has 0 aliphatic carbocycles. The molecule has 1 aliphatic heterocycles. The van der Waals surface area contributed by atoms with Gasteiger partial charge in [0.25, 0.3) is 5.91 Å². The van der Waals surface area contributed by atoms with E-state index in [9.17, 15) is 4.79 Å². The molecule has 2 aromatic carbocycles. The van der Waals surface area contributed by atoms with Crippen molar-refractivity contribution in [1.29, 1.82) is 0 Å². The highest BCUT2D eigenvalue weighted by Crippen LogP contribution is 2.32. The fourth-order valence-electron chi connectivity index (χ4n) is 2.30. The first-order valence-electron chi connectivity index (χ1n) is 7.85. The Labute approximate surface area is 155 Å². The fourth-order valence-corrected chi connectivity index (χ4v) is 2.75. The minimum absolute atomic E-state index is 0.305. The molecule has 25 heavy (non-hydrogen) atoms. The lowest BCUT2D eigenvalue weighted by Gasteiger charge is -2.16. The van der Waals surface area contributed by atoms with E-state index in [0.717, 1.165) is 6.42 Å². The molecule has 132 valence electrons. The van der Waals surface area contributed by atoms with Crippen molar-refractivity contribution in [2.45, 2.75) is 19.4 Å². The van der Waals surface area contributed by atoms with E-state index in [1.807, 2.05) is 0 Å². The Morgan fingerprint density at radius 1 is 1.12 bits per heavy atom. The number of hydrogen-bond donors (Lipinski definition) is 1. The summed E-state index contributed by atoms with van der Waals surface area (Å²) >= 11 is 11.9. The van der Waals surface area contributed by atoms with Crippen LogP contribution < -0.4 is 19.5 Å². The standard InChI is InChI=1S/C18H17Cl2NO4/c1-11(25-15-5-3-12(19)9-14(15)20)18(22)21-13-4-6-16-17(10-13)24-8-2-7-23-16/h3-6,9-11H,2,7-8H2,1H3,(H,21,22). The number of carbonyl (C=O) groups excluding carboxylic acids is 1. The van der Waals surface area contributed by atoms with Crippen molar-refractivity contribution in [1.82, 2.24) is 0 Å². The number of anilines is 1. The quantitative estimate of drug-likeness (QED) is 0.842. The number of hydrogen-bond acceptors (Lipinski definition) is 4. The Morgan fingerprint density at radius 2 is 1.88 bits per heavy atom. The summed E-state index contributed by atoms with van der Waals surface area (Å²) < 4.78 is 16.8. The van der Waals surface area contributed by atoms with E-state index in [1.165, 1.54) is 0 Å². The van der Waals surface area contributed by atoms with Crippen molar-refractivity contribution in [2.24, 2.45) is 0 Å². The predicted octanol–water partition coefficient (Wildman–Crippen LogP) is 4.56. The number of rotatable bonds is 4. The van der Waals surface area contributed by atoms with Crippen LogP contribution in [0.5, 0.6) is 17.2 Å². The van der Waals surface area contributed by atoms with Gasteiger partial charge in [0.1, 0.15) is 5.75 Å². The molecule has 1 N–H and O–H groups in total. The van der Waals surface area contributed by atoms with Crippen LogP contribution in [0.3, 0.4) is 0 Å². The highest BCUT2D eigenvalue weighted by molar-refractivity contribution is 6.35. The summed E-state index contributed by atoms with van der Waals surface area (Å²) in [4.78, 5) is 12.4. The molecule has 7 heteroatoms. The molecule has 1 heterocycles. The van der Waals surface area contributed by atoms with Gasteiger partial charge < -0.3 is 19.5 Å². The van der Waals surface area contributed by atoms with Crippen LogP contribution in [0, 0.1) is 0 Å². The lowest BCUT2D eigenvalue weighted by molar-refractivity contribution is -0.122. The van der Waals surface area contributed by atoms with Gasteiger partial charge in [-0.2, -0.15) is 0 Å². The summed E-state index contributed by atoms with van der Waals surface area (Å²) in [5.74, 6) is 1.38. The molecule has 0 spiro atoms. The smallest absolute Gasteiger partial charge is 0.265 e. The normalized spacial score (nSPS) is 14.4. The Balaban J connectivity index is 1.66. The van der Waals surface area contributed by atoms with Gasteiger partial charge in [-0.25, -0.2) is 0 Å². The minimum Gasteiger partial charge on any atom is -0.490 e. The molecule has 1 aliphatic rings. The molecule has 0 saturated heterocycles. The third-order valence-corrected chi connectivity index (χ3v) is 4.11. The predicted molar refractivity (Wildman–Crippen MR) is 97.2 cm³/mol. The Kier molecular flexibility index (Phi) is 5.56. The summed E-state index contributed by atoms with van der Waals surface area (Å²) in [5, 5.41) is 3.65. The maximum atomic E-state index is 12.4. The third kappa shape index (κ3) is 4.50. The van der Waals surface area contributed by atoms with Gasteiger partial charge in [0.05, 0.1) is 18.2 Å². The molecule has 0 saturated carbocycles. The first-order valence-corrected chi connectivity index (χ1v) is 8.61. The molecule has 1 amide bonds. The Hall–Kier alpha value is -2.11. The van der Waals surface area contributed by atoms with Crippen molar-refractivity contribution >= 4 is 34.8 Å². The number of amides is 1. The van der Waals surface area contributed by atoms with Gasteiger partial charge in [-0.3, -0.25) is 4.79 Å². The SMILES string of the molecule is CC(Oc1ccc(Cl)cc1Cl)C(=O)Nc1ccc2c(c1)OCCCO2. The van der Waals surface area contributed by atoms with Gasteiger partial charge in [-0.15, -0.1) is 0 Å². The molecular formula is C18H17Cl2NO4. The van der Waals surface area contributed by atoms with E-state index in [-0.39, 0.29) is 5.91 Å². The highest BCUT2D eigenvalue weighted by atomic mass is 35.5. The molecule has 0 bridgehead atoms. The van der Waals surface area contributed by atoms with Gasteiger partial charge >= 0.3 is 0 Å². The maximum Gasteiger partial charge on any atom is 0.265 e. The Bertz CT molecular complexity index is 782. The summed E-state index contributed by atoms with van der Waals surface area (Å²) in [5.41, 5.74) is 0.604. The van der Waals surface area contributed by atoms with Crippen LogP contribution in [-0.2, 0) is 4.79 Å². The van der Waals surface area contributed by atoms with Crippen LogP contribution >= 0.6 is 23.2 Å². The summed E-state index contributed by atoms with van der Waals surface area (Å²) in [6.07, 6.45) is 0.0815. The average Bonchev–Trinajstić information content (AvgIpc) is 2.82. The maximum absolute atomic E-state index is 12.4. The number of nitrogens with one attached hydrogen (secondary N) is 1. The second-order valence-electron chi connectivity index (χ2n) is 5.54. The first kappa shape index (κ1) is 17.7. The highest BCUT2D eigenvalue weighted by Gasteiger charge is 2.18. The number of ether oxygens (including phenoxy) is 3. The lowest BCUT2D eigenvalue weighted by Crippen LogP contribution is -2.30. The number of halogens is 2. The number of benzene rings is 2. The van der Waals surface area contributed by atoms with Crippen LogP contribution in [0.1, 0.15) is 13.3 Å². The van der Waals surface area contributed by atoms with Crippen LogP contribution in [-0.4, -0.2) is 25.2 Å². The minimum atomic E-state index is -0.741. The van der Waals surface area contributed by atoms with E-state index in [0.29, 0.717) is 46.2 Å². The molecule has 1 atom stereocenters. The zero-order valence-corrected chi connectivity index (χ0v) is 15.1. The second kappa shape index (κ2) is 7.85. The van der Waals surface area contributed by atoms with Gasteiger partial charge in [0.15, 0.2) is 17.6 Å². The molecule has 0 aromatic heterocycles. The van der Waals surface area contributed by atoms with Crippen LogP contribution in [0.25, 0.3) is 0 Å². The molecular weight excluding hydrogens is 365 g/mol. The lowest BCUT2D eigenvalue weighted by atomic mass is 10.2. The van der Waals surface area contributed by atoms with Gasteiger partial charge in [0, 0.05) is 23.2 Å². The topological polar surface area (TPSA) is 56.8 Å². The molecule has 5 nitrogen and oxygen atoms in total.